The van der Waals surface area contributed by atoms with E-state index >= 15 is 0 Å². The highest BCUT2D eigenvalue weighted by Gasteiger charge is 2.26. The second-order valence-electron chi connectivity index (χ2n) is 5.55. The highest BCUT2D eigenvalue weighted by Crippen LogP contribution is 2.27. The van der Waals surface area contributed by atoms with Gasteiger partial charge in [0.05, 0.1) is 10.7 Å². The number of rotatable bonds is 3. The molecule has 20 heavy (non-hydrogen) atoms. The molecule has 6 heteroatoms. The number of carbonyl (C=O) groups excluding carboxylic acids is 1. The molecule has 0 N–H and O–H groups in total. The molecular formula is C14H14ClFN2OS. The van der Waals surface area contributed by atoms with Crippen LogP contribution in [0.15, 0.2) is 18.2 Å². The molecule has 0 aliphatic rings. The first kappa shape index (κ1) is 15.1. The second-order valence-corrected chi connectivity index (χ2v) is 6.71. The van der Waals surface area contributed by atoms with Crippen molar-refractivity contribution in [3.8, 4) is 0 Å². The van der Waals surface area contributed by atoms with Gasteiger partial charge in [-0.25, -0.2) is 4.39 Å². The SMILES string of the molecule is CC(C)(C)c1nnsc1C(=O)Cc1ccc(F)c(Cl)c1. The van der Waals surface area contributed by atoms with Crippen LogP contribution in [0.4, 0.5) is 4.39 Å². The number of nitrogens with zero attached hydrogens (tertiary/aromatic N) is 2. The van der Waals surface area contributed by atoms with Crippen molar-refractivity contribution in [1.82, 2.24) is 9.59 Å². The van der Waals surface area contributed by atoms with E-state index in [4.69, 9.17) is 11.6 Å². The van der Waals surface area contributed by atoms with E-state index in [1.807, 2.05) is 20.8 Å². The predicted octanol–water partition coefficient (Wildman–Crippen LogP) is 4.05. The molecule has 0 saturated carbocycles. The summed E-state index contributed by atoms with van der Waals surface area (Å²) >= 11 is 6.81. The van der Waals surface area contributed by atoms with E-state index in [1.165, 1.54) is 12.1 Å². The summed E-state index contributed by atoms with van der Waals surface area (Å²) in [6.07, 6.45) is 0.160. The maximum Gasteiger partial charge on any atom is 0.180 e. The third-order valence-corrected chi connectivity index (χ3v) is 3.86. The molecule has 3 nitrogen and oxygen atoms in total. The number of hydrogen-bond donors (Lipinski definition) is 0. The predicted molar refractivity (Wildman–Crippen MR) is 78.1 cm³/mol. The van der Waals surface area contributed by atoms with Crippen LogP contribution >= 0.6 is 23.1 Å². The summed E-state index contributed by atoms with van der Waals surface area (Å²) in [7, 11) is 0. The number of hydrogen-bond acceptors (Lipinski definition) is 4. The molecule has 0 saturated heterocycles. The van der Waals surface area contributed by atoms with E-state index in [9.17, 15) is 9.18 Å². The van der Waals surface area contributed by atoms with Crippen molar-refractivity contribution in [2.24, 2.45) is 0 Å². The number of Topliss-reactive ketones (excluding diaryl/α,β-unsaturated/α-hetero) is 1. The zero-order valence-corrected chi connectivity index (χ0v) is 13.0. The first-order valence-corrected chi connectivity index (χ1v) is 7.24. The normalized spacial score (nSPS) is 11.7. The molecular weight excluding hydrogens is 299 g/mol. The number of ketones is 1. The van der Waals surface area contributed by atoms with Crippen molar-refractivity contribution in [1.29, 1.82) is 0 Å². The first-order valence-electron chi connectivity index (χ1n) is 6.09. The average Bonchev–Trinajstić information content (AvgIpc) is 2.83. The zero-order chi connectivity index (χ0) is 14.9. The molecule has 0 aliphatic carbocycles. The van der Waals surface area contributed by atoms with Gasteiger partial charge >= 0.3 is 0 Å². The van der Waals surface area contributed by atoms with E-state index in [-0.39, 0.29) is 22.6 Å². The van der Waals surface area contributed by atoms with Crippen molar-refractivity contribution in [3.05, 3.63) is 45.2 Å². The topological polar surface area (TPSA) is 42.9 Å². The summed E-state index contributed by atoms with van der Waals surface area (Å²) in [4.78, 5) is 12.9. The molecule has 0 atom stereocenters. The Morgan fingerprint density at radius 2 is 2.10 bits per heavy atom. The van der Waals surface area contributed by atoms with Gasteiger partial charge in [0.15, 0.2) is 5.78 Å². The first-order chi connectivity index (χ1) is 9.29. The molecule has 2 aromatic rings. The molecule has 2 rings (SSSR count). The van der Waals surface area contributed by atoms with Crippen LogP contribution in [-0.2, 0) is 11.8 Å². The Hall–Kier alpha value is -1.33. The maximum atomic E-state index is 13.1. The van der Waals surface area contributed by atoms with Crippen LogP contribution in [0.2, 0.25) is 5.02 Å². The monoisotopic (exact) mass is 312 g/mol. The van der Waals surface area contributed by atoms with Crippen LogP contribution in [0.1, 0.15) is 41.7 Å². The van der Waals surface area contributed by atoms with Crippen LogP contribution in [-0.4, -0.2) is 15.4 Å². The Morgan fingerprint density at radius 1 is 1.40 bits per heavy atom. The van der Waals surface area contributed by atoms with Crippen LogP contribution in [0.25, 0.3) is 0 Å². The van der Waals surface area contributed by atoms with Gasteiger partial charge in [0.1, 0.15) is 10.7 Å². The van der Waals surface area contributed by atoms with Crippen molar-refractivity contribution < 1.29 is 9.18 Å². The van der Waals surface area contributed by atoms with E-state index in [0.717, 1.165) is 11.5 Å². The van der Waals surface area contributed by atoms with Gasteiger partial charge in [-0.1, -0.05) is 42.9 Å². The molecule has 0 spiro atoms. The second kappa shape index (κ2) is 5.58. The summed E-state index contributed by atoms with van der Waals surface area (Å²) in [5.41, 5.74) is 1.13. The van der Waals surface area contributed by atoms with E-state index < -0.39 is 5.82 Å². The fourth-order valence-electron chi connectivity index (χ4n) is 1.78. The third kappa shape index (κ3) is 3.22. The molecule has 106 valence electrons. The maximum absolute atomic E-state index is 13.1. The number of aromatic nitrogens is 2. The molecule has 0 radical (unpaired) electrons. The third-order valence-electron chi connectivity index (χ3n) is 2.80. The molecule has 1 heterocycles. The van der Waals surface area contributed by atoms with Gasteiger partial charge in [-0.05, 0) is 29.2 Å². The molecule has 0 bridgehead atoms. The van der Waals surface area contributed by atoms with Gasteiger partial charge in [0, 0.05) is 11.8 Å². The molecule has 0 amide bonds. The quantitative estimate of drug-likeness (QED) is 0.803. The van der Waals surface area contributed by atoms with E-state index in [2.05, 4.69) is 9.59 Å². The zero-order valence-electron chi connectivity index (χ0n) is 11.4. The molecule has 0 aliphatic heterocycles. The standard InChI is InChI=1S/C14H14ClFN2OS/c1-14(2,3)13-12(20-18-17-13)11(19)7-8-4-5-10(16)9(15)6-8/h4-6H,7H2,1-3H3. The van der Waals surface area contributed by atoms with Crippen LogP contribution < -0.4 is 0 Å². The van der Waals surface area contributed by atoms with Gasteiger partial charge in [-0.3, -0.25) is 4.79 Å². The Bertz CT molecular complexity index is 649. The van der Waals surface area contributed by atoms with Crippen LogP contribution in [0.5, 0.6) is 0 Å². The summed E-state index contributed by atoms with van der Waals surface area (Å²) in [5.74, 6) is -0.565. The average molecular weight is 313 g/mol. The van der Waals surface area contributed by atoms with E-state index in [1.54, 1.807) is 6.07 Å². The Morgan fingerprint density at radius 3 is 2.70 bits per heavy atom. The highest BCUT2D eigenvalue weighted by atomic mass is 35.5. The molecule has 0 unspecified atom stereocenters. The summed E-state index contributed by atoms with van der Waals surface area (Å²) in [6.45, 7) is 5.94. The lowest BCUT2D eigenvalue weighted by Crippen LogP contribution is -2.17. The Kier molecular flexibility index (Phi) is 4.20. The number of carbonyl (C=O) groups is 1. The van der Waals surface area contributed by atoms with Crippen LogP contribution in [0.3, 0.4) is 0 Å². The summed E-state index contributed by atoms with van der Waals surface area (Å²) in [6, 6.07) is 4.30. The van der Waals surface area contributed by atoms with Gasteiger partial charge in [-0.15, -0.1) is 5.10 Å². The summed E-state index contributed by atoms with van der Waals surface area (Å²) in [5, 5.41) is 4.07. The fraction of sp³-hybridized carbons (Fsp3) is 0.357. The molecule has 0 fully saturated rings. The molecule has 1 aromatic heterocycles. The van der Waals surface area contributed by atoms with Gasteiger partial charge in [-0.2, -0.15) is 0 Å². The minimum absolute atomic E-state index is 0.0220. The number of benzene rings is 1. The minimum atomic E-state index is -0.488. The van der Waals surface area contributed by atoms with Gasteiger partial charge < -0.3 is 0 Å². The van der Waals surface area contributed by atoms with Crippen molar-refractivity contribution in [3.63, 3.8) is 0 Å². The van der Waals surface area contributed by atoms with E-state index in [0.29, 0.717) is 16.1 Å². The largest absolute Gasteiger partial charge is 0.293 e. The fourth-order valence-corrected chi connectivity index (χ4v) is 2.79. The van der Waals surface area contributed by atoms with Gasteiger partial charge in [0.25, 0.3) is 0 Å². The minimum Gasteiger partial charge on any atom is -0.293 e. The number of halogens is 2. The molecule has 1 aromatic carbocycles. The lowest BCUT2D eigenvalue weighted by Gasteiger charge is -2.15. The van der Waals surface area contributed by atoms with Crippen LogP contribution in [0, 0.1) is 5.82 Å². The van der Waals surface area contributed by atoms with Crippen molar-refractivity contribution in [2.45, 2.75) is 32.6 Å². The highest BCUT2D eigenvalue weighted by molar-refractivity contribution is 7.08. The van der Waals surface area contributed by atoms with Crippen molar-refractivity contribution >= 4 is 28.9 Å². The Balaban J connectivity index is 2.25. The Labute approximate surface area is 125 Å². The lowest BCUT2D eigenvalue weighted by molar-refractivity contribution is 0.0994. The summed E-state index contributed by atoms with van der Waals surface area (Å²) < 4.78 is 17.0. The lowest BCUT2D eigenvalue weighted by atomic mass is 9.90. The van der Waals surface area contributed by atoms with Crippen molar-refractivity contribution in [2.75, 3.05) is 0 Å². The van der Waals surface area contributed by atoms with Gasteiger partial charge in [0.2, 0.25) is 0 Å². The smallest absolute Gasteiger partial charge is 0.180 e.